The molecule has 0 aliphatic heterocycles. The van der Waals surface area contributed by atoms with E-state index in [-0.39, 0.29) is 17.5 Å². The standard InChI is InChI=1S/C9H12F3N5O2/c1-5-6(17(18)19)7(15-8(13-2)14-5)16(3)4-9(10,11)12/h4H2,1-3H3,(H,13,14,15). The van der Waals surface area contributed by atoms with E-state index >= 15 is 0 Å². The van der Waals surface area contributed by atoms with Crippen molar-refractivity contribution in [3.05, 3.63) is 15.8 Å². The summed E-state index contributed by atoms with van der Waals surface area (Å²) < 4.78 is 37.0. The molecule has 106 valence electrons. The first-order valence-corrected chi connectivity index (χ1v) is 5.14. The van der Waals surface area contributed by atoms with Crippen molar-refractivity contribution in [3.63, 3.8) is 0 Å². The Morgan fingerprint density at radius 1 is 1.42 bits per heavy atom. The highest BCUT2D eigenvalue weighted by molar-refractivity contribution is 5.62. The van der Waals surface area contributed by atoms with Gasteiger partial charge in [-0.3, -0.25) is 10.1 Å². The fourth-order valence-electron chi connectivity index (χ4n) is 1.49. The highest BCUT2D eigenvalue weighted by atomic mass is 19.4. The van der Waals surface area contributed by atoms with Gasteiger partial charge < -0.3 is 10.2 Å². The largest absolute Gasteiger partial charge is 0.405 e. The molecule has 10 heteroatoms. The van der Waals surface area contributed by atoms with Gasteiger partial charge >= 0.3 is 11.9 Å². The minimum Gasteiger partial charge on any atom is -0.357 e. The van der Waals surface area contributed by atoms with Gasteiger partial charge in [-0.1, -0.05) is 0 Å². The second-order valence-corrected chi connectivity index (χ2v) is 3.78. The number of alkyl halides is 3. The van der Waals surface area contributed by atoms with Gasteiger partial charge in [-0.2, -0.15) is 18.2 Å². The summed E-state index contributed by atoms with van der Waals surface area (Å²) in [7, 11) is 2.55. The molecule has 0 aliphatic rings. The smallest absolute Gasteiger partial charge is 0.357 e. The first-order valence-electron chi connectivity index (χ1n) is 5.14. The van der Waals surface area contributed by atoms with Crippen molar-refractivity contribution in [3.8, 4) is 0 Å². The van der Waals surface area contributed by atoms with E-state index in [0.29, 0.717) is 4.90 Å². The third kappa shape index (κ3) is 3.66. The topological polar surface area (TPSA) is 84.2 Å². The summed E-state index contributed by atoms with van der Waals surface area (Å²) in [6.07, 6.45) is -4.48. The lowest BCUT2D eigenvalue weighted by Gasteiger charge is -2.20. The van der Waals surface area contributed by atoms with E-state index < -0.39 is 23.3 Å². The number of nitrogens with one attached hydrogen (secondary N) is 1. The van der Waals surface area contributed by atoms with Crippen molar-refractivity contribution in [2.75, 3.05) is 30.9 Å². The van der Waals surface area contributed by atoms with E-state index in [0.717, 1.165) is 7.05 Å². The number of nitro groups is 1. The first kappa shape index (κ1) is 14.9. The van der Waals surface area contributed by atoms with E-state index in [4.69, 9.17) is 0 Å². The molecule has 0 aliphatic carbocycles. The zero-order chi connectivity index (χ0) is 14.8. The highest BCUT2D eigenvalue weighted by Gasteiger charge is 2.33. The van der Waals surface area contributed by atoms with Crippen LogP contribution in [0, 0.1) is 17.0 Å². The molecule has 0 bridgehead atoms. The van der Waals surface area contributed by atoms with Crippen LogP contribution in [0.1, 0.15) is 5.69 Å². The quantitative estimate of drug-likeness (QED) is 0.667. The van der Waals surface area contributed by atoms with Crippen LogP contribution in [0.3, 0.4) is 0 Å². The minimum atomic E-state index is -4.48. The van der Waals surface area contributed by atoms with Gasteiger partial charge in [0, 0.05) is 14.1 Å². The predicted molar refractivity (Wildman–Crippen MR) is 62.3 cm³/mol. The van der Waals surface area contributed by atoms with Crippen molar-refractivity contribution in [1.82, 2.24) is 9.97 Å². The Morgan fingerprint density at radius 2 is 2.00 bits per heavy atom. The van der Waals surface area contributed by atoms with Gasteiger partial charge in [-0.25, -0.2) is 4.98 Å². The van der Waals surface area contributed by atoms with Crippen LogP contribution in [0.25, 0.3) is 0 Å². The molecule has 7 nitrogen and oxygen atoms in total. The summed E-state index contributed by atoms with van der Waals surface area (Å²) in [4.78, 5) is 18.3. The van der Waals surface area contributed by atoms with Crippen molar-refractivity contribution in [2.24, 2.45) is 0 Å². The van der Waals surface area contributed by atoms with Crippen LogP contribution in [-0.4, -0.2) is 41.7 Å². The number of nitrogens with zero attached hydrogens (tertiary/aromatic N) is 4. The normalized spacial score (nSPS) is 11.3. The molecule has 1 aromatic heterocycles. The predicted octanol–water partition coefficient (Wildman–Crippen LogP) is 1.73. The molecule has 0 saturated heterocycles. The fraction of sp³-hybridized carbons (Fsp3) is 0.556. The summed E-state index contributed by atoms with van der Waals surface area (Å²) >= 11 is 0. The number of aromatic nitrogens is 2. The van der Waals surface area contributed by atoms with Gasteiger partial charge in [-0.05, 0) is 6.92 Å². The Morgan fingerprint density at radius 3 is 2.42 bits per heavy atom. The monoisotopic (exact) mass is 279 g/mol. The van der Waals surface area contributed by atoms with Gasteiger partial charge in [0.25, 0.3) is 0 Å². The lowest BCUT2D eigenvalue weighted by atomic mass is 10.3. The number of hydrogen-bond donors (Lipinski definition) is 1. The number of hydrogen-bond acceptors (Lipinski definition) is 6. The van der Waals surface area contributed by atoms with E-state index in [1.807, 2.05) is 0 Å². The highest BCUT2D eigenvalue weighted by Crippen LogP contribution is 2.30. The molecule has 1 N–H and O–H groups in total. The molecule has 1 heterocycles. The number of halogens is 3. The average Bonchev–Trinajstić information content (AvgIpc) is 2.24. The third-order valence-corrected chi connectivity index (χ3v) is 2.22. The van der Waals surface area contributed by atoms with Gasteiger partial charge in [-0.15, -0.1) is 0 Å². The van der Waals surface area contributed by atoms with E-state index in [2.05, 4.69) is 15.3 Å². The zero-order valence-corrected chi connectivity index (χ0v) is 10.4. The van der Waals surface area contributed by atoms with Gasteiger partial charge in [0.15, 0.2) is 0 Å². The summed E-state index contributed by atoms with van der Waals surface area (Å²) in [5, 5.41) is 13.4. The Hall–Kier alpha value is -2.13. The number of rotatable bonds is 4. The lowest BCUT2D eigenvalue weighted by molar-refractivity contribution is -0.385. The molecule has 0 amide bonds. The molecule has 0 fully saturated rings. The molecule has 0 aromatic carbocycles. The van der Waals surface area contributed by atoms with Gasteiger partial charge in [0.05, 0.1) is 4.92 Å². The van der Waals surface area contributed by atoms with Crippen LogP contribution in [0.15, 0.2) is 0 Å². The Kier molecular flexibility index (Phi) is 4.12. The molecular weight excluding hydrogens is 267 g/mol. The number of anilines is 2. The summed E-state index contributed by atoms with van der Waals surface area (Å²) in [6.45, 7) is -0.000963. The van der Waals surface area contributed by atoms with E-state index in [1.165, 1.54) is 14.0 Å². The molecule has 0 unspecified atom stereocenters. The SMILES string of the molecule is CNc1nc(C)c([N+](=O)[O-])c(N(C)CC(F)(F)F)n1. The van der Waals surface area contributed by atoms with Gasteiger partial charge in [0.1, 0.15) is 12.2 Å². The first-order chi connectivity index (χ1) is 8.65. The van der Waals surface area contributed by atoms with Crippen molar-refractivity contribution in [2.45, 2.75) is 13.1 Å². The van der Waals surface area contributed by atoms with E-state index in [9.17, 15) is 23.3 Å². The van der Waals surface area contributed by atoms with Crippen LogP contribution in [0.5, 0.6) is 0 Å². The third-order valence-electron chi connectivity index (χ3n) is 2.22. The van der Waals surface area contributed by atoms with Crippen LogP contribution in [0.2, 0.25) is 0 Å². The number of aryl methyl sites for hydroxylation is 1. The molecule has 0 radical (unpaired) electrons. The lowest BCUT2D eigenvalue weighted by Crippen LogP contribution is -2.32. The molecule has 1 rings (SSSR count). The van der Waals surface area contributed by atoms with Crippen molar-refractivity contribution in [1.29, 1.82) is 0 Å². The Labute approximate surface area is 106 Å². The summed E-state index contributed by atoms with van der Waals surface area (Å²) in [5.74, 6) is -0.355. The molecule has 19 heavy (non-hydrogen) atoms. The van der Waals surface area contributed by atoms with Crippen LogP contribution >= 0.6 is 0 Å². The van der Waals surface area contributed by atoms with Crippen molar-refractivity contribution < 1.29 is 18.1 Å². The molecule has 0 atom stereocenters. The Balaban J connectivity index is 3.30. The maximum absolute atomic E-state index is 12.3. The van der Waals surface area contributed by atoms with Crippen molar-refractivity contribution >= 4 is 17.5 Å². The average molecular weight is 279 g/mol. The minimum absolute atomic E-state index is 0.00613. The van der Waals surface area contributed by atoms with Gasteiger partial charge in [0.2, 0.25) is 11.8 Å². The van der Waals surface area contributed by atoms with Crippen LogP contribution < -0.4 is 10.2 Å². The molecule has 0 spiro atoms. The second kappa shape index (κ2) is 5.24. The summed E-state index contributed by atoms with van der Waals surface area (Å²) in [5.41, 5.74) is -0.542. The van der Waals surface area contributed by atoms with Crippen LogP contribution in [-0.2, 0) is 0 Å². The van der Waals surface area contributed by atoms with Crippen LogP contribution in [0.4, 0.5) is 30.6 Å². The Bertz CT molecular complexity index is 491. The second-order valence-electron chi connectivity index (χ2n) is 3.78. The molecular formula is C9H12F3N5O2. The van der Waals surface area contributed by atoms with E-state index in [1.54, 1.807) is 0 Å². The molecule has 1 aromatic rings. The zero-order valence-electron chi connectivity index (χ0n) is 10.4. The summed E-state index contributed by atoms with van der Waals surface area (Å²) in [6, 6.07) is 0. The molecule has 0 saturated carbocycles. The maximum Gasteiger partial charge on any atom is 0.405 e. The fourth-order valence-corrected chi connectivity index (χ4v) is 1.49. The maximum atomic E-state index is 12.3.